The SMILES string of the molecule is C=C1NC(=O)C(Cc2cncnc2)=CN1c1ccc(C(C)=O)cc1. The predicted octanol–water partition coefficient (Wildman–Crippen LogP) is 2.21. The van der Waals surface area contributed by atoms with Crippen LogP contribution >= 0.6 is 0 Å². The lowest BCUT2D eigenvalue weighted by Crippen LogP contribution is -2.38. The van der Waals surface area contributed by atoms with E-state index in [1.807, 2.05) is 12.1 Å². The number of benzene rings is 1. The lowest BCUT2D eigenvalue weighted by Gasteiger charge is -2.29. The van der Waals surface area contributed by atoms with Crippen LogP contribution in [-0.2, 0) is 11.2 Å². The largest absolute Gasteiger partial charge is 0.308 e. The molecule has 0 saturated heterocycles. The molecule has 120 valence electrons. The van der Waals surface area contributed by atoms with Gasteiger partial charge in [-0.2, -0.15) is 0 Å². The number of nitrogens with zero attached hydrogens (tertiary/aromatic N) is 3. The number of anilines is 1. The van der Waals surface area contributed by atoms with E-state index in [1.165, 1.54) is 13.3 Å². The van der Waals surface area contributed by atoms with E-state index >= 15 is 0 Å². The van der Waals surface area contributed by atoms with Gasteiger partial charge >= 0.3 is 0 Å². The molecule has 6 heteroatoms. The normalized spacial score (nSPS) is 14.2. The zero-order valence-electron chi connectivity index (χ0n) is 13.2. The first kappa shape index (κ1) is 15.6. The maximum absolute atomic E-state index is 12.2. The van der Waals surface area contributed by atoms with E-state index in [1.54, 1.807) is 35.6 Å². The fourth-order valence-corrected chi connectivity index (χ4v) is 2.42. The summed E-state index contributed by atoms with van der Waals surface area (Å²) >= 11 is 0. The van der Waals surface area contributed by atoms with E-state index in [4.69, 9.17) is 0 Å². The van der Waals surface area contributed by atoms with Crippen molar-refractivity contribution in [3.8, 4) is 0 Å². The van der Waals surface area contributed by atoms with Crippen molar-refractivity contribution in [3.05, 3.63) is 78.3 Å². The number of rotatable bonds is 4. The summed E-state index contributed by atoms with van der Waals surface area (Å²) in [5.74, 6) is 0.275. The summed E-state index contributed by atoms with van der Waals surface area (Å²) in [7, 11) is 0. The molecule has 0 radical (unpaired) electrons. The number of aromatic nitrogens is 2. The Morgan fingerprint density at radius 2 is 1.88 bits per heavy atom. The minimum absolute atomic E-state index is 0.00707. The summed E-state index contributed by atoms with van der Waals surface area (Å²) in [6, 6.07) is 7.14. The van der Waals surface area contributed by atoms with Crippen molar-refractivity contribution in [3.63, 3.8) is 0 Å². The highest BCUT2D eigenvalue weighted by Crippen LogP contribution is 2.24. The van der Waals surface area contributed by atoms with E-state index in [0.717, 1.165) is 11.3 Å². The molecule has 1 aliphatic heterocycles. The molecule has 6 nitrogen and oxygen atoms in total. The quantitative estimate of drug-likeness (QED) is 0.874. The summed E-state index contributed by atoms with van der Waals surface area (Å²) in [5.41, 5.74) is 2.87. The summed E-state index contributed by atoms with van der Waals surface area (Å²) in [4.78, 5) is 33.3. The highest BCUT2D eigenvalue weighted by Gasteiger charge is 2.22. The average molecular weight is 320 g/mol. The number of ketones is 1. The van der Waals surface area contributed by atoms with Gasteiger partial charge in [-0.1, -0.05) is 6.58 Å². The Bertz CT molecular complexity index is 826. The van der Waals surface area contributed by atoms with Crippen LogP contribution in [0.3, 0.4) is 0 Å². The number of carbonyl (C=O) groups excluding carboxylic acids is 2. The third-order valence-electron chi connectivity index (χ3n) is 3.69. The van der Waals surface area contributed by atoms with Crippen LogP contribution in [0.1, 0.15) is 22.8 Å². The molecule has 0 spiro atoms. The molecular formula is C18H16N4O2. The summed E-state index contributed by atoms with van der Waals surface area (Å²) in [5, 5.41) is 2.75. The van der Waals surface area contributed by atoms with Gasteiger partial charge in [-0.3, -0.25) is 9.59 Å². The van der Waals surface area contributed by atoms with Gasteiger partial charge in [-0.15, -0.1) is 0 Å². The van der Waals surface area contributed by atoms with Gasteiger partial charge in [0.1, 0.15) is 12.1 Å². The molecule has 0 saturated carbocycles. The zero-order valence-corrected chi connectivity index (χ0v) is 13.2. The molecule has 3 rings (SSSR count). The summed E-state index contributed by atoms with van der Waals surface area (Å²) in [6.07, 6.45) is 6.97. The second kappa shape index (κ2) is 6.45. The average Bonchev–Trinajstić information content (AvgIpc) is 2.58. The van der Waals surface area contributed by atoms with Gasteiger partial charge in [-0.25, -0.2) is 9.97 Å². The van der Waals surface area contributed by atoms with Gasteiger partial charge in [-0.05, 0) is 36.8 Å². The maximum Gasteiger partial charge on any atom is 0.254 e. The lowest BCUT2D eigenvalue weighted by molar-refractivity contribution is -0.117. The number of hydrogen-bond acceptors (Lipinski definition) is 5. The third-order valence-corrected chi connectivity index (χ3v) is 3.69. The van der Waals surface area contributed by atoms with Crippen LogP contribution in [-0.4, -0.2) is 21.7 Å². The molecule has 2 heterocycles. The van der Waals surface area contributed by atoms with Crippen molar-refractivity contribution in [2.45, 2.75) is 13.3 Å². The molecule has 1 aromatic carbocycles. The Morgan fingerprint density at radius 1 is 1.21 bits per heavy atom. The molecule has 1 amide bonds. The van der Waals surface area contributed by atoms with E-state index in [0.29, 0.717) is 23.4 Å². The molecule has 0 atom stereocenters. The van der Waals surface area contributed by atoms with Gasteiger partial charge in [0.25, 0.3) is 5.91 Å². The molecule has 24 heavy (non-hydrogen) atoms. The third kappa shape index (κ3) is 3.22. The van der Waals surface area contributed by atoms with Crippen molar-refractivity contribution in [2.75, 3.05) is 4.90 Å². The van der Waals surface area contributed by atoms with E-state index in [2.05, 4.69) is 21.9 Å². The predicted molar refractivity (Wildman–Crippen MR) is 90.0 cm³/mol. The van der Waals surface area contributed by atoms with E-state index in [-0.39, 0.29) is 11.7 Å². The Balaban J connectivity index is 1.90. The van der Waals surface area contributed by atoms with E-state index in [9.17, 15) is 9.59 Å². The van der Waals surface area contributed by atoms with Crippen LogP contribution in [0.2, 0.25) is 0 Å². The lowest BCUT2D eigenvalue weighted by atomic mass is 10.1. The molecule has 0 unspecified atom stereocenters. The molecule has 0 bridgehead atoms. The molecular weight excluding hydrogens is 304 g/mol. The minimum Gasteiger partial charge on any atom is -0.308 e. The number of carbonyl (C=O) groups is 2. The first-order valence-corrected chi connectivity index (χ1v) is 7.39. The second-order valence-corrected chi connectivity index (χ2v) is 5.45. The highest BCUT2D eigenvalue weighted by molar-refractivity contribution is 5.98. The zero-order chi connectivity index (χ0) is 17.1. The monoisotopic (exact) mass is 320 g/mol. The van der Waals surface area contributed by atoms with Gasteiger partial charge in [0.15, 0.2) is 5.78 Å². The van der Waals surface area contributed by atoms with Gasteiger partial charge in [0.05, 0.1) is 0 Å². The number of nitrogens with one attached hydrogen (secondary N) is 1. The number of amides is 1. The fourth-order valence-electron chi connectivity index (χ4n) is 2.42. The second-order valence-electron chi connectivity index (χ2n) is 5.45. The van der Waals surface area contributed by atoms with Crippen molar-refractivity contribution in [2.24, 2.45) is 0 Å². The molecule has 2 aromatic rings. The Labute approximate surface area is 139 Å². The molecule has 0 aliphatic carbocycles. The first-order chi connectivity index (χ1) is 11.5. The van der Waals surface area contributed by atoms with Crippen LogP contribution in [0.25, 0.3) is 0 Å². The standard InChI is InChI=1S/C18H16N4O2/c1-12(23)15-3-5-17(6-4-15)22-10-16(18(24)21-13(22)2)7-14-8-19-11-20-9-14/h3-6,8-11H,2,7H2,1H3,(H,21,24). The smallest absolute Gasteiger partial charge is 0.254 e. The number of Topliss-reactive ketones (excluding diaryl/α,β-unsaturated/α-hetero) is 1. The fraction of sp³-hybridized carbons (Fsp3) is 0.111. The molecule has 1 N–H and O–H groups in total. The van der Waals surface area contributed by atoms with Crippen molar-refractivity contribution >= 4 is 17.4 Å². The van der Waals surface area contributed by atoms with Crippen LogP contribution < -0.4 is 10.2 Å². The van der Waals surface area contributed by atoms with Crippen LogP contribution in [0.5, 0.6) is 0 Å². The summed E-state index contributed by atoms with van der Waals surface area (Å²) in [6.45, 7) is 5.40. The summed E-state index contributed by atoms with van der Waals surface area (Å²) < 4.78 is 0. The van der Waals surface area contributed by atoms with E-state index < -0.39 is 0 Å². The Kier molecular flexibility index (Phi) is 4.20. The van der Waals surface area contributed by atoms with Crippen molar-refractivity contribution in [1.29, 1.82) is 0 Å². The Hall–Kier alpha value is -3.28. The van der Waals surface area contributed by atoms with Gasteiger partial charge < -0.3 is 10.2 Å². The topological polar surface area (TPSA) is 75.2 Å². The first-order valence-electron chi connectivity index (χ1n) is 7.39. The number of hydrogen-bond donors (Lipinski definition) is 1. The Morgan fingerprint density at radius 3 is 2.50 bits per heavy atom. The highest BCUT2D eigenvalue weighted by atomic mass is 16.2. The van der Waals surface area contributed by atoms with Crippen LogP contribution in [0.15, 0.2) is 67.2 Å². The van der Waals surface area contributed by atoms with Gasteiger partial charge in [0, 0.05) is 41.8 Å². The molecule has 1 aromatic heterocycles. The maximum atomic E-state index is 12.2. The van der Waals surface area contributed by atoms with Crippen molar-refractivity contribution in [1.82, 2.24) is 15.3 Å². The van der Waals surface area contributed by atoms with Crippen LogP contribution in [0.4, 0.5) is 5.69 Å². The molecule has 1 aliphatic rings. The van der Waals surface area contributed by atoms with Crippen LogP contribution in [0, 0.1) is 0 Å². The minimum atomic E-state index is -0.194. The molecule has 0 fully saturated rings. The van der Waals surface area contributed by atoms with Crippen molar-refractivity contribution < 1.29 is 9.59 Å². The van der Waals surface area contributed by atoms with Gasteiger partial charge in [0.2, 0.25) is 0 Å².